The monoisotopic (exact) mass is 301 g/mol. The van der Waals surface area contributed by atoms with E-state index in [1.54, 1.807) is 0 Å². The van der Waals surface area contributed by atoms with Crippen LogP contribution in [0.2, 0.25) is 0 Å². The molecule has 0 spiro atoms. The van der Waals surface area contributed by atoms with Gasteiger partial charge < -0.3 is 15.4 Å². The molecule has 0 aliphatic carbocycles. The Bertz CT molecular complexity index is 222. The molecular weight excluding hydrogens is 277 g/mol. The van der Waals surface area contributed by atoms with Crippen LogP contribution in [-0.2, 0) is 9.53 Å². The van der Waals surface area contributed by atoms with E-state index >= 15 is 0 Å². The van der Waals surface area contributed by atoms with Gasteiger partial charge in [0, 0.05) is 32.7 Å². The van der Waals surface area contributed by atoms with Gasteiger partial charge in [0.1, 0.15) is 0 Å². The summed E-state index contributed by atoms with van der Waals surface area (Å²) in [5.41, 5.74) is 5.33. The van der Waals surface area contributed by atoms with Crippen LogP contribution in [0.25, 0.3) is 0 Å². The molecule has 2 N–H and O–H groups in total. The van der Waals surface area contributed by atoms with E-state index in [-0.39, 0.29) is 37.3 Å². The number of piperazine rings is 1. The Labute approximate surface area is 122 Å². The quantitative estimate of drug-likeness (QED) is 0.796. The number of ether oxygens (including phenoxy) is 1. The van der Waals surface area contributed by atoms with Gasteiger partial charge in [-0.25, -0.2) is 0 Å². The molecule has 18 heavy (non-hydrogen) atoms. The van der Waals surface area contributed by atoms with Crippen LogP contribution in [-0.4, -0.2) is 67.7 Å². The number of carbonyl (C=O) groups excluding carboxylic acids is 1. The Hall–Kier alpha value is -0.0700. The number of nitrogens with two attached hydrogens (primary N) is 1. The molecule has 0 saturated carbocycles. The van der Waals surface area contributed by atoms with Gasteiger partial charge in [-0.3, -0.25) is 9.69 Å². The van der Waals surface area contributed by atoms with Crippen LogP contribution in [0.4, 0.5) is 0 Å². The molecule has 1 heterocycles. The second-order valence-electron chi connectivity index (χ2n) is 4.35. The average Bonchev–Trinajstić information content (AvgIpc) is 2.28. The third-order valence-corrected chi connectivity index (χ3v) is 2.76. The maximum absolute atomic E-state index is 11.3. The minimum absolute atomic E-state index is 0. The van der Waals surface area contributed by atoms with Crippen LogP contribution in [0.5, 0.6) is 0 Å². The van der Waals surface area contributed by atoms with E-state index in [0.29, 0.717) is 6.10 Å². The first-order valence-corrected chi connectivity index (χ1v) is 5.95. The average molecular weight is 302 g/mol. The Morgan fingerprint density at radius 1 is 1.22 bits per heavy atom. The smallest absolute Gasteiger partial charge is 0.236 e. The largest absolute Gasteiger partial charge is 0.377 e. The molecule has 1 aliphatic heterocycles. The predicted molar refractivity (Wildman–Crippen MR) is 77.7 cm³/mol. The summed E-state index contributed by atoms with van der Waals surface area (Å²) in [5.74, 6) is 0.0538. The van der Waals surface area contributed by atoms with E-state index in [2.05, 4.69) is 4.90 Å². The summed E-state index contributed by atoms with van der Waals surface area (Å²) in [4.78, 5) is 15.5. The first kappa shape index (κ1) is 20.3. The van der Waals surface area contributed by atoms with Gasteiger partial charge >= 0.3 is 0 Å². The normalized spacial score (nSPS) is 16.1. The van der Waals surface area contributed by atoms with Gasteiger partial charge in [-0.05, 0) is 13.8 Å². The second-order valence-corrected chi connectivity index (χ2v) is 4.35. The summed E-state index contributed by atoms with van der Waals surface area (Å²) in [6, 6.07) is 0. The topological polar surface area (TPSA) is 58.8 Å². The minimum Gasteiger partial charge on any atom is -0.377 e. The number of halogens is 2. The van der Waals surface area contributed by atoms with Crippen LogP contribution in [0.3, 0.4) is 0 Å². The van der Waals surface area contributed by atoms with Gasteiger partial charge in [0.2, 0.25) is 5.91 Å². The van der Waals surface area contributed by atoms with Crippen molar-refractivity contribution >= 4 is 30.7 Å². The molecule has 1 aliphatic rings. The number of amides is 1. The van der Waals surface area contributed by atoms with Crippen LogP contribution in [0.15, 0.2) is 0 Å². The summed E-state index contributed by atoms with van der Waals surface area (Å²) < 4.78 is 5.50. The highest BCUT2D eigenvalue weighted by Crippen LogP contribution is 2.01. The van der Waals surface area contributed by atoms with Crippen molar-refractivity contribution in [2.45, 2.75) is 20.0 Å². The van der Waals surface area contributed by atoms with Gasteiger partial charge in [-0.15, -0.1) is 24.8 Å². The molecule has 0 atom stereocenters. The van der Waals surface area contributed by atoms with Gasteiger partial charge in [0.15, 0.2) is 0 Å². The lowest BCUT2D eigenvalue weighted by atomic mass is 10.3. The third kappa shape index (κ3) is 7.38. The Balaban J connectivity index is 0. The standard InChI is InChI=1S/C11H23N3O2.2ClH/c1-10(2)16-8-7-13-3-5-14(6-4-13)11(15)9-12;;/h10H,3-9,12H2,1-2H3;2*1H. The van der Waals surface area contributed by atoms with E-state index in [0.717, 1.165) is 39.3 Å². The fraction of sp³-hybridized carbons (Fsp3) is 0.909. The molecule has 0 unspecified atom stereocenters. The summed E-state index contributed by atoms with van der Waals surface area (Å²) in [5, 5.41) is 0. The molecule has 5 nitrogen and oxygen atoms in total. The molecule has 0 radical (unpaired) electrons. The predicted octanol–water partition coefficient (Wildman–Crippen LogP) is 0.358. The molecule has 0 bridgehead atoms. The van der Waals surface area contributed by atoms with E-state index < -0.39 is 0 Å². The van der Waals surface area contributed by atoms with Crippen LogP contribution in [0.1, 0.15) is 13.8 Å². The molecule has 1 saturated heterocycles. The highest BCUT2D eigenvalue weighted by Gasteiger charge is 2.19. The molecule has 1 fully saturated rings. The lowest BCUT2D eigenvalue weighted by molar-refractivity contribution is -0.131. The van der Waals surface area contributed by atoms with Crippen LogP contribution in [0, 0.1) is 0 Å². The molecule has 0 aromatic heterocycles. The van der Waals surface area contributed by atoms with E-state index in [4.69, 9.17) is 10.5 Å². The van der Waals surface area contributed by atoms with Gasteiger partial charge in [0.05, 0.1) is 19.3 Å². The zero-order chi connectivity index (χ0) is 12.0. The van der Waals surface area contributed by atoms with Crippen LogP contribution < -0.4 is 5.73 Å². The Morgan fingerprint density at radius 2 is 1.78 bits per heavy atom. The SMILES string of the molecule is CC(C)OCCN1CCN(C(=O)CN)CC1.Cl.Cl. The van der Waals surface area contributed by atoms with Gasteiger partial charge in [-0.1, -0.05) is 0 Å². The number of hydrogen-bond donors (Lipinski definition) is 1. The highest BCUT2D eigenvalue weighted by atomic mass is 35.5. The number of carbonyl (C=O) groups is 1. The summed E-state index contributed by atoms with van der Waals surface area (Å²) in [6.07, 6.45) is 0.292. The minimum atomic E-state index is 0. The first-order chi connectivity index (χ1) is 7.63. The van der Waals surface area contributed by atoms with Crippen molar-refractivity contribution in [2.75, 3.05) is 45.9 Å². The maximum atomic E-state index is 11.3. The lowest BCUT2D eigenvalue weighted by Crippen LogP contribution is -2.50. The molecule has 0 aromatic rings. The van der Waals surface area contributed by atoms with Crippen molar-refractivity contribution in [2.24, 2.45) is 5.73 Å². The van der Waals surface area contributed by atoms with E-state index in [1.165, 1.54) is 0 Å². The van der Waals surface area contributed by atoms with Crippen LogP contribution >= 0.6 is 24.8 Å². The van der Waals surface area contributed by atoms with Gasteiger partial charge in [0.25, 0.3) is 0 Å². The molecule has 0 aromatic carbocycles. The fourth-order valence-electron chi connectivity index (χ4n) is 1.77. The zero-order valence-corrected chi connectivity index (χ0v) is 12.8. The zero-order valence-electron chi connectivity index (χ0n) is 11.1. The fourth-order valence-corrected chi connectivity index (χ4v) is 1.77. The number of hydrogen-bond acceptors (Lipinski definition) is 4. The molecule has 110 valence electrons. The van der Waals surface area contributed by atoms with Crippen molar-refractivity contribution in [3.05, 3.63) is 0 Å². The summed E-state index contributed by atoms with van der Waals surface area (Å²) in [6.45, 7) is 9.34. The number of rotatable bonds is 5. The van der Waals surface area contributed by atoms with Crippen molar-refractivity contribution in [3.63, 3.8) is 0 Å². The van der Waals surface area contributed by atoms with E-state index in [9.17, 15) is 4.79 Å². The molecule has 1 amide bonds. The highest BCUT2D eigenvalue weighted by molar-refractivity contribution is 5.85. The molecule has 1 rings (SSSR count). The molecular formula is C11H25Cl2N3O2. The van der Waals surface area contributed by atoms with Crippen molar-refractivity contribution < 1.29 is 9.53 Å². The molecule has 7 heteroatoms. The summed E-state index contributed by atoms with van der Waals surface area (Å²) in [7, 11) is 0. The second kappa shape index (κ2) is 10.8. The van der Waals surface area contributed by atoms with E-state index in [1.807, 2.05) is 18.7 Å². The first-order valence-electron chi connectivity index (χ1n) is 5.95. The van der Waals surface area contributed by atoms with Gasteiger partial charge in [-0.2, -0.15) is 0 Å². The van der Waals surface area contributed by atoms with Crippen molar-refractivity contribution in [1.29, 1.82) is 0 Å². The summed E-state index contributed by atoms with van der Waals surface area (Å²) >= 11 is 0. The Kier molecular flexibility index (Phi) is 12.2. The maximum Gasteiger partial charge on any atom is 0.236 e. The Morgan fingerprint density at radius 3 is 2.22 bits per heavy atom. The number of nitrogens with zero attached hydrogens (tertiary/aromatic N) is 2. The lowest BCUT2D eigenvalue weighted by Gasteiger charge is -2.34. The van der Waals surface area contributed by atoms with Crippen molar-refractivity contribution in [1.82, 2.24) is 9.80 Å². The third-order valence-electron chi connectivity index (χ3n) is 2.76. The van der Waals surface area contributed by atoms with Crippen molar-refractivity contribution in [3.8, 4) is 0 Å².